The molecule has 1 aromatic rings. The summed E-state index contributed by atoms with van der Waals surface area (Å²) in [5, 5.41) is 2.63. The van der Waals surface area contributed by atoms with Crippen LogP contribution in [0.1, 0.15) is 5.56 Å². The molecule has 5 heteroatoms. The molecule has 0 spiro atoms. The third-order valence-corrected chi connectivity index (χ3v) is 2.74. The Morgan fingerprint density at radius 1 is 1.40 bits per heavy atom. The Bertz CT molecular complexity index is 494. The lowest BCUT2D eigenvalue weighted by atomic mass is 10.2. The van der Waals surface area contributed by atoms with Gasteiger partial charge in [0.2, 0.25) is 5.91 Å². The van der Waals surface area contributed by atoms with Crippen LogP contribution in [0.15, 0.2) is 18.2 Å². The largest absolute Gasteiger partial charge is 0.497 e. The second-order valence-electron chi connectivity index (χ2n) is 4.33. The summed E-state index contributed by atoms with van der Waals surface area (Å²) < 4.78 is 10.5. The van der Waals surface area contributed by atoms with Crippen molar-refractivity contribution in [3.63, 3.8) is 0 Å². The van der Waals surface area contributed by atoms with Gasteiger partial charge in [-0.3, -0.25) is 9.69 Å². The zero-order valence-corrected chi connectivity index (χ0v) is 12.1. The highest BCUT2D eigenvalue weighted by Gasteiger charge is 2.10. The van der Waals surface area contributed by atoms with Crippen molar-refractivity contribution in [1.29, 1.82) is 0 Å². The van der Waals surface area contributed by atoms with Crippen molar-refractivity contribution in [2.24, 2.45) is 0 Å². The molecule has 1 aromatic carbocycles. The number of carbonyl (C=O) groups is 1. The average Bonchev–Trinajstić information content (AvgIpc) is 2.45. The maximum absolute atomic E-state index is 11.6. The summed E-state index contributed by atoms with van der Waals surface area (Å²) in [7, 11) is 5.08. The highest BCUT2D eigenvalue weighted by Crippen LogP contribution is 2.25. The van der Waals surface area contributed by atoms with E-state index in [2.05, 4.69) is 11.2 Å². The number of hydrogen-bond acceptors (Lipinski definition) is 4. The van der Waals surface area contributed by atoms with Crippen molar-refractivity contribution < 1.29 is 14.3 Å². The molecule has 0 aromatic heterocycles. The molecule has 0 saturated heterocycles. The lowest BCUT2D eigenvalue weighted by Gasteiger charge is -2.18. The zero-order chi connectivity index (χ0) is 15.0. The molecule has 0 aliphatic heterocycles. The van der Waals surface area contributed by atoms with Crippen LogP contribution in [0.5, 0.6) is 11.5 Å². The van der Waals surface area contributed by atoms with Gasteiger partial charge in [-0.15, -0.1) is 6.42 Å². The summed E-state index contributed by atoms with van der Waals surface area (Å²) in [4.78, 5) is 13.4. The van der Waals surface area contributed by atoms with Crippen LogP contribution in [0, 0.1) is 12.3 Å². The molecule has 1 rings (SSSR count). The van der Waals surface area contributed by atoms with Crippen LogP contribution in [0.3, 0.4) is 0 Å². The van der Waals surface area contributed by atoms with Gasteiger partial charge in [0.25, 0.3) is 0 Å². The third-order valence-electron chi connectivity index (χ3n) is 2.74. The Labute approximate surface area is 119 Å². The van der Waals surface area contributed by atoms with Gasteiger partial charge in [-0.05, 0) is 13.1 Å². The molecule has 0 aliphatic rings. The van der Waals surface area contributed by atoms with Crippen LogP contribution in [0.25, 0.3) is 0 Å². The minimum absolute atomic E-state index is 0.0991. The number of methoxy groups -OCH3 is 2. The number of likely N-dealkylation sites (N-methyl/N-ethyl adjacent to an activating group) is 1. The van der Waals surface area contributed by atoms with Crippen LogP contribution in [-0.2, 0) is 11.3 Å². The number of benzene rings is 1. The van der Waals surface area contributed by atoms with Crippen molar-refractivity contribution in [2.75, 3.05) is 34.4 Å². The highest BCUT2D eigenvalue weighted by atomic mass is 16.5. The quantitative estimate of drug-likeness (QED) is 0.751. The number of hydrogen-bond donors (Lipinski definition) is 1. The maximum atomic E-state index is 11.6. The standard InChI is InChI=1S/C15H20N2O3/c1-5-8-16-15(18)11-17(2)10-12-6-7-13(19-3)9-14(12)20-4/h1,6-7,9H,8,10-11H2,2-4H3,(H,16,18). The number of amides is 1. The number of ether oxygens (including phenoxy) is 2. The summed E-state index contributed by atoms with van der Waals surface area (Å²) in [5.41, 5.74) is 0.987. The van der Waals surface area contributed by atoms with Gasteiger partial charge < -0.3 is 14.8 Å². The maximum Gasteiger partial charge on any atom is 0.234 e. The van der Waals surface area contributed by atoms with Crippen LogP contribution < -0.4 is 14.8 Å². The molecule has 1 N–H and O–H groups in total. The van der Waals surface area contributed by atoms with Gasteiger partial charge in [-0.25, -0.2) is 0 Å². The van der Waals surface area contributed by atoms with Gasteiger partial charge in [0, 0.05) is 18.2 Å². The first kappa shape index (κ1) is 15.9. The molecule has 0 radical (unpaired) electrons. The van der Waals surface area contributed by atoms with E-state index in [-0.39, 0.29) is 19.0 Å². The van der Waals surface area contributed by atoms with Crippen LogP contribution in [-0.4, -0.2) is 45.2 Å². The smallest absolute Gasteiger partial charge is 0.234 e. The molecule has 0 aliphatic carbocycles. The van der Waals surface area contributed by atoms with Crippen LogP contribution >= 0.6 is 0 Å². The predicted octanol–water partition coefficient (Wildman–Crippen LogP) is 0.885. The van der Waals surface area contributed by atoms with E-state index in [0.29, 0.717) is 6.54 Å². The minimum Gasteiger partial charge on any atom is -0.497 e. The molecule has 1 amide bonds. The monoisotopic (exact) mass is 276 g/mol. The van der Waals surface area contributed by atoms with Gasteiger partial charge in [0.15, 0.2) is 0 Å². The first-order valence-corrected chi connectivity index (χ1v) is 6.20. The van der Waals surface area contributed by atoms with Crippen molar-refractivity contribution in [1.82, 2.24) is 10.2 Å². The normalized spacial score (nSPS) is 9.95. The van der Waals surface area contributed by atoms with Crippen molar-refractivity contribution in [2.45, 2.75) is 6.54 Å². The second kappa shape index (κ2) is 8.08. The predicted molar refractivity (Wildman–Crippen MR) is 77.7 cm³/mol. The molecular weight excluding hydrogens is 256 g/mol. The summed E-state index contributed by atoms with van der Waals surface area (Å²) in [6, 6.07) is 5.61. The van der Waals surface area contributed by atoms with Gasteiger partial charge in [-0.2, -0.15) is 0 Å². The molecule has 0 heterocycles. The fraction of sp³-hybridized carbons (Fsp3) is 0.400. The Morgan fingerprint density at radius 2 is 2.15 bits per heavy atom. The minimum atomic E-state index is -0.0991. The Hall–Kier alpha value is -2.19. The third kappa shape index (κ3) is 4.82. The summed E-state index contributed by atoms with van der Waals surface area (Å²) in [6.45, 7) is 1.12. The molecule has 0 bridgehead atoms. The van der Waals surface area contributed by atoms with E-state index in [1.807, 2.05) is 30.1 Å². The lowest BCUT2D eigenvalue weighted by Crippen LogP contribution is -2.35. The van der Waals surface area contributed by atoms with E-state index < -0.39 is 0 Å². The second-order valence-corrected chi connectivity index (χ2v) is 4.33. The van der Waals surface area contributed by atoms with Crippen molar-refractivity contribution >= 4 is 5.91 Å². The Kier molecular flexibility index (Phi) is 6.41. The van der Waals surface area contributed by atoms with Gasteiger partial charge in [-0.1, -0.05) is 12.0 Å². The van der Waals surface area contributed by atoms with Crippen LogP contribution in [0.2, 0.25) is 0 Å². The fourth-order valence-electron chi connectivity index (χ4n) is 1.78. The molecule has 0 unspecified atom stereocenters. The lowest BCUT2D eigenvalue weighted by molar-refractivity contribution is -0.121. The molecule has 108 valence electrons. The topological polar surface area (TPSA) is 50.8 Å². The molecule has 5 nitrogen and oxygen atoms in total. The number of carbonyl (C=O) groups excluding carboxylic acids is 1. The SMILES string of the molecule is C#CCNC(=O)CN(C)Cc1ccc(OC)cc1OC. The molecule has 0 atom stereocenters. The first-order valence-electron chi connectivity index (χ1n) is 6.20. The highest BCUT2D eigenvalue weighted by molar-refractivity contribution is 5.78. The first-order chi connectivity index (χ1) is 9.60. The Balaban J connectivity index is 2.63. The van der Waals surface area contributed by atoms with E-state index in [1.165, 1.54) is 0 Å². The number of nitrogens with zero attached hydrogens (tertiary/aromatic N) is 1. The van der Waals surface area contributed by atoms with Gasteiger partial charge in [0.05, 0.1) is 27.3 Å². The summed E-state index contributed by atoms with van der Waals surface area (Å²) in [6.07, 6.45) is 5.09. The van der Waals surface area contributed by atoms with Crippen molar-refractivity contribution in [3.8, 4) is 23.8 Å². The molecular formula is C15H20N2O3. The fourth-order valence-corrected chi connectivity index (χ4v) is 1.78. The van der Waals surface area contributed by atoms with Gasteiger partial charge >= 0.3 is 0 Å². The van der Waals surface area contributed by atoms with E-state index >= 15 is 0 Å². The van der Waals surface area contributed by atoms with E-state index in [1.54, 1.807) is 14.2 Å². The van der Waals surface area contributed by atoms with Crippen molar-refractivity contribution in [3.05, 3.63) is 23.8 Å². The number of nitrogens with one attached hydrogen (secondary N) is 1. The summed E-state index contributed by atoms with van der Waals surface area (Å²) >= 11 is 0. The molecule has 20 heavy (non-hydrogen) atoms. The van der Waals surface area contributed by atoms with E-state index in [0.717, 1.165) is 17.1 Å². The van der Waals surface area contributed by atoms with E-state index in [9.17, 15) is 4.79 Å². The van der Waals surface area contributed by atoms with E-state index in [4.69, 9.17) is 15.9 Å². The van der Waals surface area contributed by atoms with Gasteiger partial charge in [0.1, 0.15) is 11.5 Å². The Morgan fingerprint density at radius 3 is 2.75 bits per heavy atom. The molecule has 0 fully saturated rings. The zero-order valence-electron chi connectivity index (χ0n) is 12.1. The van der Waals surface area contributed by atoms with Crippen LogP contribution in [0.4, 0.5) is 0 Å². The summed E-state index contributed by atoms with van der Waals surface area (Å²) in [5.74, 6) is 3.74. The molecule has 0 saturated carbocycles. The number of terminal acetylenes is 1. The number of rotatable bonds is 7. The average molecular weight is 276 g/mol.